The lowest BCUT2D eigenvalue weighted by atomic mass is 9.84. The van der Waals surface area contributed by atoms with Gasteiger partial charge in [-0.25, -0.2) is 22.6 Å². The van der Waals surface area contributed by atoms with Gasteiger partial charge >= 0.3 is 6.09 Å². The predicted molar refractivity (Wildman–Crippen MR) is 177 cm³/mol. The van der Waals surface area contributed by atoms with Gasteiger partial charge in [0.2, 0.25) is 5.88 Å². The van der Waals surface area contributed by atoms with E-state index in [9.17, 15) is 18.0 Å². The summed E-state index contributed by atoms with van der Waals surface area (Å²) in [5.41, 5.74) is -2.67. The number of halogens is 2. The molecule has 1 atom stereocenters. The Morgan fingerprint density at radius 3 is 2.40 bits per heavy atom. The van der Waals surface area contributed by atoms with Crippen molar-refractivity contribution in [3.63, 3.8) is 0 Å². The molecule has 1 N–H and O–H groups in total. The summed E-state index contributed by atoms with van der Waals surface area (Å²) in [6.07, 6.45) is 2.57. The largest absolute Gasteiger partial charge is 0.478 e. The van der Waals surface area contributed by atoms with E-state index in [1.165, 1.54) is 47.7 Å². The van der Waals surface area contributed by atoms with Crippen LogP contribution in [0.1, 0.15) is 37.8 Å². The first kappa shape index (κ1) is 34.1. The number of benzene rings is 2. The Labute approximate surface area is 284 Å². The number of amides is 2. The van der Waals surface area contributed by atoms with Gasteiger partial charge in [0.1, 0.15) is 5.82 Å². The molecule has 0 radical (unpaired) electrons. The molecular weight excluding hydrogens is 663 g/mol. The van der Waals surface area contributed by atoms with E-state index in [1.54, 1.807) is 13.0 Å². The second-order valence-electron chi connectivity index (χ2n) is 11.8. The van der Waals surface area contributed by atoms with Gasteiger partial charge in [-0.1, -0.05) is 36.7 Å². The molecule has 0 aliphatic carbocycles. The molecule has 2 amide bonds. The number of fused-ring (bicyclic) bond motifs is 1. The summed E-state index contributed by atoms with van der Waals surface area (Å²) >= 11 is 6.26. The van der Waals surface area contributed by atoms with Crippen LogP contribution in [0.2, 0.25) is 5.02 Å². The summed E-state index contributed by atoms with van der Waals surface area (Å²) in [7, 11) is -4.62. The van der Waals surface area contributed by atoms with Crippen molar-refractivity contribution in [2.75, 3.05) is 56.7 Å². The van der Waals surface area contributed by atoms with Gasteiger partial charge in [-0.3, -0.25) is 15.0 Å². The molecule has 0 saturated carbocycles. The van der Waals surface area contributed by atoms with Gasteiger partial charge < -0.3 is 14.5 Å². The Balaban J connectivity index is 1.35. The van der Waals surface area contributed by atoms with Crippen molar-refractivity contribution in [3.05, 3.63) is 82.8 Å². The summed E-state index contributed by atoms with van der Waals surface area (Å²) in [6, 6.07) is 12.7. The minimum Gasteiger partial charge on any atom is -0.478 e. The highest BCUT2D eigenvalue weighted by molar-refractivity contribution is 7.93. The summed E-state index contributed by atoms with van der Waals surface area (Å²) < 4.78 is 49.5. The van der Waals surface area contributed by atoms with Gasteiger partial charge in [-0.05, 0) is 69.7 Å². The van der Waals surface area contributed by atoms with Crippen LogP contribution in [0.15, 0.2) is 65.7 Å². The summed E-state index contributed by atoms with van der Waals surface area (Å²) in [6.45, 7) is 9.41. The molecule has 3 aliphatic heterocycles. The zero-order chi connectivity index (χ0) is 34.1. The van der Waals surface area contributed by atoms with Crippen molar-refractivity contribution in [3.8, 4) is 5.88 Å². The van der Waals surface area contributed by atoms with Crippen LogP contribution in [0.5, 0.6) is 5.88 Å². The molecule has 256 valence electrons. The highest BCUT2D eigenvalue weighted by atomic mass is 35.5. The molecule has 3 aliphatic rings. The maximum absolute atomic E-state index is 15.1. The molecule has 15 heteroatoms. The van der Waals surface area contributed by atoms with Crippen LogP contribution in [0.4, 0.5) is 14.9 Å². The molecule has 4 heterocycles. The van der Waals surface area contributed by atoms with E-state index in [1.807, 2.05) is 0 Å². The molecular formula is C33H38ClFN6O6S. The van der Waals surface area contributed by atoms with E-state index in [0.717, 1.165) is 44.6 Å². The van der Waals surface area contributed by atoms with E-state index in [-0.39, 0.29) is 39.2 Å². The average Bonchev–Trinajstić information content (AvgIpc) is 3.33. The number of nitrogens with one attached hydrogen (secondary N) is 1. The van der Waals surface area contributed by atoms with Crippen molar-refractivity contribution >= 4 is 39.3 Å². The van der Waals surface area contributed by atoms with Gasteiger partial charge in [-0.2, -0.15) is 4.31 Å². The number of nitrogens with zero attached hydrogens (tertiary/aromatic N) is 5. The predicted octanol–water partition coefficient (Wildman–Crippen LogP) is 4.00. The Kier molecular flexibility index (Phi) is 9.91. The van der Waals surface area contributed by atoms with Crippen LogP contribution >= 0.6 is 11.6 Å². The van der Waals surface area contributed by atoms with E-state index >= 15 is 4.39 Å². The molecule has 0 spiro atoms. The van der Waals surface area contributed by atoms with E-state index in [4.69, 9.17) is 21.2 Å². The van der Waals surface area contributed by atoms with Crippen LogP contribution < -0.4 is 14.4 Å². The Hall–Kier alpha value is -3.82. The molecule has 1 unspecified atom stereocenters. The lowest BCUT2D eigenvalue weighted by molar-refractivity contribution is -0.134. The maximum atomic E-state index is 15.1. The van der Waals surface area contributed by atoms with Crippen LogP contribution in [0, 0.1) is 5.82 Å². The molecule has 12 nitrogen and oxygen atoms in total. The highest BCUT2D eigenvalue weighted by Gasteiger charge is 2.59. The number of carbonyl (C=O) groups is 2. The van der Waals surface area contributed by atoms with Gasteiger partial charge in [0.25, 0.3) is 15.9 Å². The van der Waals surface area contributed by atoms with E-state index < -0.39 is 33.4 Å². The van der Waals surface area contributed by atoms with Gasteiger partial charge in [0, 0.05) is 50.0 Å². The third-order valence-corrected chi connectivity index (χ3v) is 11.2. The van der Waals surface area contributed by atoms with Crippen LogP contribution in [0.3, 0.4) is 0 Å². The fourth-order valence-corrected chi connectivity index (χ4v) is 8.39. The summed E-state index contributed by atoms with van der Waals surface area (Å²) in [4.78, 5) is 43.3. The minimum absolute atomic E-state index is 0.0201. The van der Waals surface area contributed by atoms with Gasteiger partial charge in [0.15, 0.2) is 5.54 Å². The van der Waals surface area contributed by atoms with E-state index in [0.29, 0.717) is 36.5 Å². The molecule has 1 aromatic heterocycles. The number of aromatic nitrogens is 1. The molecule has 6 rings (SSSR count). The van der Waals surface area contributed by atoms with Crippen LogP contribution in [-0.4, -0.2) is 98.7 Å². The summed E-state index contributed by atoms with van der Waals surface area (Å²) in [5, 5.41) is 3.80. The molecule has 2 saturated heterocycles. The smallest absolute Gasteiger partial charge is 0.427 e. The molecule has 48 heavy (non-hydrogen) atoms. The third-order valence-electron chi connectivity index (χ3n) is 9.20. The first-order valence-electron chi connectivity index (χ1n) is 16.0. The van der Waals surface area contributed by atoms with Gasteiger partial charge in [0.05, 0.1) is 27.8 Å². The zero-order valence-corrected chi connectivity index (χ0v) is 28.3. The number of pyridine rings is 1. The summed E-state index contributed by atoms with van der Waals surface area (Å²) in [5.74, 6) is -2.11. The number of hydroxylamine groups is 2. The SMILES string of the molecule is CCOc1ncccc1C1(NC(=O)ON2CCN(C3CCN(CC)CC3)CC2)C(=O)N(S(=O)(=O)c2ccccc2)c2cc(F)c(Cl)cc21. The van der Waals surface area contributed by atoms with Crippen molar-refractivity contribution in [1.82, 2.24) is 25.2 Å². The topological polar surface area (TPSA) is 125 Å². The average molecular weight is 701 g/mol. The normalized spacial score (nSPS) is 21.2. The standard InChI is InChI=1S/C33H38ClFN6O6S/c1-3-38-15-12-23(13-16-38)39-17-19-40(20-18-39)47-32(43)37-33(25-11-8-14-36-30(25)46-4-2)26-21-27(34)28(35)22-29(26)41(31(33)42)48(44,45)24-9-6-5-7-10-24/h5-11,14,21-23H,3-4,12-13,15-20H2,1-2H3,(H,37,43). The lowest BCUT2D eigenvalue weighted by Gasteiger charge is -2.42. The lowest BCUT2D eigenvalue weighted by Crippen LogP contribution is -2.57. The number of anilines is 1. The molecule has 2 aromatic carbocycles. The number of piperazine rings is 1. The van der Waals surface area contributed by atoms with Gasteiger partial charge in [-0.15, -0.1) is 5.06 Å². The number of hydrogen-bond acceptors (Lipinski definition) is 10. The molecule has 0 bridgehead atoms. The number of hydrogen-bond donors (Lipinski definition) is 1. The quantitative estimate of drug-likeness (QED) is 0.351. The second kappa shape index (κ2) is 14.0. The van der Waals surface area contributed by atoms with Crippen molar-refractivity contribution in [2.24, 2.45) is 0 Å². The first-order chi connectivity index (χ1) is 23.1. The number of likely N-dealkylation sites (tertiary alicyclic amines) is 1. The monoisotopic (exact) mass is 700 g/mol. The highest BCUT2D eigenvalue weighted by Crippen LogP contribution is 2.50. The Morgan fingerprint density at radius 1 is 1.02 bits per heavy atom. The number of piperidine rings is 1. The van der Waals surface area contributed by atoms with E-state index in [2.05, 4.69) is 27.0 Å². The van der Waals surface area contributed by atoms with Crippen molar-refractivity contribution in [2.45, 2.75) is 43.2 Å². The second-order valence-corrected chi connectivity index (χ2v) is 14.0. The third kappa shape index (κ3) is 6.23. The van der Waals surface area contributed by atoms with Crippen molar-refractivity contribution in [1.29, 1.82) is 0 Å². The van der Waals surface area contributed by atoms with Crippen LogP contribution in [-0.2, 0) is 25.2 Å². The number of rotatable bonds is 9. The Bertz CT molecular complexity index is 1770. The minimum atomic E-state index is -4.62. The molecule has 3 aromatic rings. The Morgan fingerprint density at radius 2 is 1.73 bits per heavy atom. The zero-order valence-electron chi connectivity index (χ0n) is 26.8. The molecule has 2 fully saturated rings. The maximum Gasteiger partial charge on any atom is 0.427 e. The fraction of sp³-hybridized carbons (Fsp3) is 0.424. The fourth-order valence-electron chi connectivity index (χ4n) is 6.75. The first-order valence-corrected chi connectivity index (χ1v) is 17.9. The van der Waals surface area contributed by atoms with Crippen molar-refractivity contribution < 1.29 is 32.0 Å². The van der Waals surface area contributed by atoms with Crippen LogP contribution in [0.25, 0.3) is 0 Å². The number of carbonyl (C=O) groups excluding carboxylic acids is 2. The number of ether oxygens (including phenoxy) is 1. The number of sulfonamides is 1.